The van der Waals surface area contributed by atoms with E-state index >= 15 is 0 Å². The molecule has 6 heteroatoms. The van der Waals surface area contributed by atoms with Gasteiger partial charge in [-0.05, 0) is 25.8 Å². The Morgan fingerprint density at radius 1 is 1.05 bits per heavy atom. The first-order valence-corrected chi connectivity index (χ1v) is 7.93. The molecule has 6 nitrogen and oxygen atoms in total. The van der Waals surface area contributed by atoms with Gasteiger partial charge in [-0.15, -0.1) is 0 Å². The zero-order valence-corrected chi connectivity index (χ0v) is 13.0. The Labute approximate surface area is 126 Å². The summed E-state index contributed by atoms with van der Waals surface area (Å²) < 4.78 is 5.99. The fourth-order valence-corrected chi connectivity index (χ4v) is 3.61. The number of likely N-dealkylation sites (N-methyl/N-ethyl adjacent to an activating group) is 1. The van der Waals surface area contributed by atoms with Crippen molar-refractivity contribution in [2.75, 3.05) is 46.3 Å². The van der Waals surface area contributed by atoms with Crippen LogP contribution in [0.25, 0.3) is 0 Å². The van der Waals surface area contributed by atoms with Crippen LogP contribution in [0.4, 0.5) is 0 Å². The molecule has 3 saturated heterocycles. The third kappa shape index (κ3) is 3.06. The molecule has 2 amide bonds. The van der Waals surface area contributed by atoms with Crippen molar-refractivity contribution in [2.24, 2.45) is 5.92 Å². The van der Waals surface area contributed by atoms with Crippen LogP contribution in [0.15, 0.2) is 0 Å². The SMILES string of the molecule is CC(=O)N1CC[C@H]2C[C@H](C(=O)N3CCN(C)CC3)O[C@@H]2C1. The van der Waals surface area contributed by atoms with Crippen molar-refractivity contribution >= 4 is 11.8 Å². The molecule has 21 heavy (non-hydrogen) atoms. The molecule has 0 aliphatic carbocycles. The summed E-state index contributed by atoms with van der Waals surface area (Å²) in [6.45, 7) is 6.50. The average Bonchev–Trinajstić information content (AvgIpc) is 2.90. The summed E-state index contributed by atoms with van der Waals surface area (Å²) >= 11 is 0. The number of piperazine rings is 1. The second-order valence-electron chi connectivity index (χ2n) is 6.54. The molecule has 3 rings (SSSR count). The topological polar surface area (TPSA) is 53.1 Å². The van der Waals surface area contributed by atoms with Crippen molar-refractivity contribution in [1.29, 1.82) is 0 Å². The number of rotatable bonds is 1. The predicted octanol–water partition coefficient (Wildman–Crippen LogP) is -0.214. The quantitative estimate of drug-likeness (QED) is 0.671. The number of piperidine rings is 1. The number of ether oxygens (including phenoxy) is 1. The predicted molar refractivity (Wildman–Crippen MR) is 77.7 cm³/mol. The standard InChI is InChI=1S/C15H25N3O3/c1-11(19)18-4-3-12-9-13(21-14(12)10-18)15(20)17-7-5-16(2)6-8-17/h12-14H,3-10H2,1-2H3/t12-,13+,14+/m0/s1. The molecule has 0 unspecified atom stereocenters. The van der Waals surface area contributed by atoms with Gasteiger partial charge in [0.25, 0.3) is 5.91 Å². The highest BCUT2D eigenvalue weighted by Gasteiger charge is 2.43. The Kier molecular flexibility index (Phi) is 4.17. The monoisotopic (exact) mass is 295 g/mol. The van der Waals surface area contributed by atoms with Crippen molar-refractivity contribution in [1.82, 2.24) is 14.7 Å². The van der Waals surface area contributed by atoms with E-state index in [0.717, 1.165) is 45.6 Å². The van der Waals surface area contributed by atoms with Gasteiger partial charge in [0.2, 0.25) is 5.91 Å². The number of carbonyl (C=O) groups is 2. The van der Waals surface area contributed by atoms with Gasteiger partial charge < -0.3 is 19.4 Å². The van der Waals surface area contributed by atoms with E-state index in [9.17, 15) is 9.59 Å². The largest absolute Gasteiger partial charge is 0.363 e. The van der Waals surface area contributed by atoms with Gasteiger partial charge in [0.05, 0.1) is 6.10 Å². The molecule has 118 valence electrons. The lowest BCUT2D eigenvalue weighted by Gasteiger charge is -2.34. The number of carbonyl (C=O) groups excluding carboxylic acids is 2. The van der Waals surface area contributed by atoms with Gasteiger partial charge in [-0.2, -0.15) is 0 Å². The molecule has 0 saturated carbocycles. The number of likely N-dealkylation sites (tertiary alicyclic amines) is 1. The first-order valence-electron chi connectivity index (χ1n) is 7.93. The van der Waals surface area contributed by atoms with E-state index in [1.165, 1.54) is 0 Å². The smallest absolute Gasteiger partial charge is 0.251 e. The Morgan fingerprint density at radius 2 is 1.76 bits per heavy atom. The Balaban J connectivity index is 1.57. The van der Waals surface area contributed by atoms with Crippen molar-refractivity contribution in [3.63, 3.8) is 0 Å². The minimum absolute atomic E-state index is 0.0454. The third-order valence-corrected chi connectivity index (χ3v) is 5.09. The molecule has 3 aliphatic rings. The molecule has 0 aromatic carbocycles. The van der Waals surface area contributed by atoms with Gasteiger partial charge in [-0.3, -0.25) is 9.59 Å². The summed E-state index contributed by atoms with van der Waals surface area (Å²) in [5.74, 6) is 0.680. The summed E-state index contributed by atoms with van der Waals surface area (Å²) in [5, 5.41) is 0. The molecule has 3 fully saturated rings. The van der Waals surface area contributed by atoms with Crippen LogP contribution < -0.4 is 0 Å². The average molecular weight is 295 g/mol. The molecule has 3 atom stereocenters. The van der Waals surface area contributed by atoms with Gasteiger partial charge in [-0.25, -0.2) is 0 Å². The summed E-state index contributed by atoms with van der Waals surface area (Å²) in [6, 6.07) is 0. The highest BCUT2D eigenvalue weighted by atomic mass is 16.5. The number of nitrogens with zero attached hydrogens (tertiary/aromatic N) is 3. The van der Waals surface area contributed by atoms with E-state index in [0.29, 0.717) is 12.5 Å². The minimum Gasteiger partial charge on any atom is -0.363 e. The van der Waals surface area contributed by atoms with Crippen LogP contribution in [0.1, 0.15) is 19.8 Å². The maximum Gasteiger partial charge on any atom is 0.251 e. The van der Waals surface area contributed by atoms with E-state index in [2.05, 4.69) is 11.9 Å². The second-order valence-corrected chi connectivity index (χ2v) is 6.54. The van der Waals surface area contributed by atoms with Crippen LogP contribution in [-0.4, -0.2) is 85.0 Å². The molecule has 0 aromatic heterocycles. The van der Waals surface area contributed by atoms with E-state index in [1.54, 1.807) is 6.92 Å². The Bertz CT molecular complexity index is 420. The van der Waals surface area contributed by atoms with Crippen LogP contribution in [0.5, 0.6) is 0 Å². The van der Waals surface area contributed by atoms with E-state index in [-0.39, 0.29) is 24.0 Å². The summed E-state index contributed by atoms with van der Waals surface area (Å²) in [6.07, 6.45) is 1.53. The highest BCUT2D eigenvalue weighted by Crippen LogP contribution is 2.34. The molecule has 3 heterocycles. The van der Waals surface area contributed by atoms with Crippen LogP contribution in [0.3, 0.4) is 0 Å². The Morgan fingerprint density at radius 3 is 2.43 bits per heavy atom. The number of fused-ring (bicyclic) bond motifs is 1. The highest BCUT2D eigenvalue weighted by molar-refractivity contribution is 5.81. The Hall–Kier alpha value is -1.14. The van der Waals surface area contributed by atoms with Crippen molar-refractivity contribution in [2.45, 2.75) is 32.0 Å². The minimum atomic E-state index is -0.296. The lowest BCUT2D eigenvalue weighted by atomic mass is 9.91. The summed E-state index contributed by atoms with van der Waals surface area (Å²) in [4.78, 5) is 30.1. The molecule has 0 N–H and O–H groups in total. The van der Waals surface area contributed by atoms with Crippen LogP contribution >= 0.6 is 0 Å². The van der Waals surface area contributed by atoms with Gasteiger partial charge >= 0.3 is 0 Å². The van der Waals surface area contributed by atoms with Crippen molar-refractivity contribution in [3.8, 4) is 0 Å². The van der Waals surface area contributed by atoms with Gasteiger partial charge in [-0.1, -0.05) is 0 Å². The summed E-state index contributed by atoms with van der Waals surface area (Å²) in [5.41, 5.74) is 0. The molecule has 0 spiro atoms. The zero-order valence-electron chi connectivity index (χ0n) is 13.0. The van der Waals surface area contributed by atoms with Crippen LogP contribution in [0, 0.1) is 5.92 Å². The second kappa shape index (κ2) is 5.93. The maximum absolute atomic E-state index is 12.6. The first kappa shape index (κ1) is 14.8. The van der Waals surface area contributed by atoms with E-state index in [1.807, 2.05) is 9.80 Å². The van der Waals surface area contributed by atoms with Gasteiger partial charge in [0.15, 0.2) is 0 Å². The lowest BCUT2D eigenvalue weighted by Crippen LogP contribution is -2.50. The number of amides is 2. The molecular formula is C15H25N3O3. The van der Waals surface area contributed by atoms with Gasteiger partial charge in [0, 0.05) is 46.2 Å². The lowest BCUT2D eigenvalue weighted by molar-refractivity contribution is -0.146. The number of hydrogen-bond donors (Lipinski definition) is 0. The third-order valence-electron chi connectivity index (χ3n) is 5.09. The zero-order chi connectivity index (χ0) is 15.0. The fraction of sp³-hybridized carbons (Fsp3) is 0.867. The fourth-order valence-electron chi connectivity index (χ4n) is 3.61. The van der Waals surface area contributed by atoms with Crippen LogP contribution in [0.2, 0.25) is 0 Å². The normalized spacial score (nSPS) is 33.9. The van der Waals surface area contributed by atoms with Crippen molar-refractivity contribution in [3.05, 3.63) is 0 Å². The van der Waals surface area contributed by atoms with E-state index < -0.39 is 0 Å². The molecule has 0 bridgehead atoms. The van der Waals surface area contributed by atoms with Crippen LogP contribution in [-0.2, 0) is 14.3 Å². The maximum atomic E-state index is 12.6. The first-order chi connectivity index (χ1) is 10.0. The molecule has 3 aliphatic heterocycles. The number of hydrogen-bond acceptors (Lipinski definition) is 4. The summed E-state index contributed by atoms with van der Waals surface area (Å²) in [7, 11) is 2.08. The molecule has 0 aromatic rings. The van der Waals surface area contributed by atoms with E-state index in [4.69, 9.17) is 4.74 Å². The van der Waals surface area contributed by atoms with Gasteiger partial charge in [0.1, 0.15) is 6.10 Å². The molecule has 0 radical (unpaired) electrons. The van der Waals surface area contributed by atoms with Crippen molar-refractivity contribution < 1.29 is 14.3 Å². The molecular weight excluding hydrogens is 270 g/mol.